The molecule has 0 radical (unpaired) electrons. The van der Waals surface area contributed by atoms with E-state index >= 15 is 0 Å². The summed E-state index contributed by atoms with van der Waals surface area (Å²) in [6.45, 7) is 4.22. The third-order valence-corrected chi connectivity index (χ3v) is 7.10. The van der Waals surface area contributed by atoms with Crippen LogP contribution in [0, 0.1) is 13.8 Å². The summed E-state index contributed by atoms with van der Waals surface area (Å²) in [4.78, 5) is 29.2. The molecule has 4 rings (SSSR count). The zero-order valence-corrected chi connectivity index (χ0v) is 22.0. The van der Waals surface area contributed by atoms with Gasteiger partial charge < -0.3 is 15.0 Å². The van der Waals surface area contributed by atoms with Crippen LogP contribution in [0.5, 0.6) is 5.75 Å². The maximum Gasteiger partial charge on any atom is 0.261 e. The quantitative estimate of drug-likeness (QED) is 0.386. The molecule has 0 saturated heterocycles. The number of aryl methyl sites for hydroxylation is 2. The van der Waals surface area contributed by atoms with Gasteiger partial charge in [-0.15, -0.1) is 0 Å². The molecule has 37 heavy (non-hydrogen) atoms. The number of benzene rings is 3. The van der Waals surface area contributed by atoms with Gasteiger partial charge in [0.15, 0.2) is 6.61 Å². The van der Waals surface area contributed by atoms with Crippen molar-refractivity contribution in [3.8, 4) is 5.75 Å². The minimum absolute atomic E-state index is 0.0912. The molecular weight excluding hydrogens is 460 g/mol. The van der Waals surface area contributed by atoms with Gasteiger partial charge in [-0.05, 0) is 49.4 Å². The van der Waals surface area contributed by atoms with E-state index in [1.807, 2.05) is 92.7 Å². The largest absolute Gasteiger partial charge is 0.483 e. The predicted molar refractivity (Wildman–Crippen MR) is 147 cm³/mol. The Bertz CT molecular complexity index is 1160. The van der Waals surface area contributed by atoms with Gasteiger partial charge in [-0.25, -0.2) is 0 Å². The molecule has 0 spiro atoms. The van der Waals surface area contributed by atoms with Crippen LogP contribution in [0.2, 0.25) is 0 Å². The van der Waals surface area contributed by atoms with E-state index in [-0.39, 0.29) is 24.5 Å². The molecule has 194 valence electrons. The molecule has 1 saturated carbocycles. The average molecular weight is 499 g/mol. The fourth-order valence-electron chi connectivity index (χ4n) is 5.06. The van der Waals surface area contributed by atoms with Crippen molar-refractivity contribution in [3.63, 3.8) is 0 Å². The summed E-state index contributed by atoms with van der Waals surface area (Å²) in [7, 11) is 0. The van der Waals surface area contributed by atoms with E-state index in [2.05, 4.69) is 5.32 Å². The van der Waals surface area contributed by atoms with Crippen LogP contribution in [0.1, 0.15) is 54.4 Å². The first-order chi connectivity index (χ1) is 18.0. The zero-order chi connectivity index (χ0) is 26.0. The van der Waals surface area contributed by atoms with Crippen LogP contribution >= 0.6 is 0 Å². The molecule has 1 aliphatic rings. The van der Waals surface area contributed by atoms with Crippen LogP contribution in [0.25, 0.3) is 0 Å². The third kappa shape index (κ3) is 7.69. The molecular formula is C32H38N2O3. The molecule has 0 unspecified atom stereocenters. The van der Waals surface area contributed by atoms with Crippen molar-refractivity contribution < 1.29 is 14.3 Å². The molecule has 5 nitrogen and oxygen atoms in total. The van der Waals surface area contributed by atoms with Crippen molar-refractivity contribution in [1.29, 1.82) is 0 Å². The molecule has 2 amide bonds. The van der Waals surface area contributed by atoms with Crippen molar-refractivity contribution in [2.24, 2.45) is 0 Å². The smallest absolute Gasteiger partial charge is 0.261 e. The van der Waals surface area contributed by atoms with Gasteiger partial charge in [-0.1, -0.05) is 97.6 Å². The van der Waals surface area contributed by atoms with Gasteiger partial charge >= 0.3 is 0 Å². The highest BCUT2D eigenvalue weighted by atomic mass is 16.5. The second kappa shape index (κ2) is 13.1. The number of carbonyl (C=O) groups excluding carboxylic acids is 2. The van der Waals surface area contributed by atoms with Crippen LogP contribution < -0.4 is 10.1 Å². The molecule has 0 aromatic heterocycles. The Morgan fingerprint density at radius 1 is 0.892 bits per heavy atom. The fraction of sp³-hybridized carbons (Fsp3) is 0.375. The first-order valence-corrected chi connectivity index (χ1v) is 13.4. The summed E-state index contributed by atoms with van der Waals surface area (Å²) >= 11 is 0. The monoisotopic (exact) mass is 498 g/mol. The summed E-state index contributed by atoms with van der Waals surface area (Å²) < 4.78 is 5.98. The average Bonchev–Trinajstić information content (AvgIpc) is 2.91. The lowest BCUT2D eigenvalue weighted by Gasteiger charge is -2.33. The van der Waals surface area contributed by atoms with E-state index in [1.165, 1.54) is 6.42 Å². The number of hydrogen-bond donors (Lipinski definition) is 1. The zero-order valence-electron chi connectivity index (χ0n) is 22.0. The van der Waals surface area contributed by atoms with E-state index in [1.54, 1.807) is 4.90 Å². The second-order valence-corrected chi connectivity index (χ2v) is 10.1. The highest BCUT2D eigenvalue weighted by Crippen LogP contribution is 2.21. The molecule has 0 heterocycles. The topological polar surface area (TPSA) is 58.6 Å². The Morgan fingerprint density at radius 3 is 2.19 bits per heavy atom. The van der Waals surface area contributed by atoms with Gasteiger partial charge in [0.2, 0.25) is 5.91 Å². The Balaban J connectivity index is 1.60. The van der Waals surface area contributed by atoms with Crippen molar-refractivity contribution in [2.75, 3.05) is 6.61 Å². The third-order valence-electron chi connectivity index (χ3n) is 7.10. The second-order valence-electron chi connectivity index (χ2n) is 10.1. The molecule has 3 aromatic carbocycles. The van der Waals surface area contributed by atoms with Crippen LogP contribution in [-0.2, 0) is 22.6 Å². The highest BCUT2D eigenvalue weighted by molar-refractivity contribution is 5.88. The first kappa shape index (κ1) is 26.5. The van der Waals surface area contributed by atoms with Gasteiger partial charge in [-0.2, -0.15) is 0 Å². The van der Waals surface area contributed by atoms with E-state index < -0.39 is 6.04 Å². The van der Waals surface area contributed by atoms with Gasteiger partial charge in [-0.3, -0.25) is 9.59 Å². The summed E-state index contributed by atoms with van der Waals surface area (Å²) in [6, 6.07) is 25.2. The standard InChI is InChI=1S/C32H38N2O3/c1-24-18-19-30(25(2)20-24)37-23-31(35)34(22-27-14-8-4-9-15-27)29(21-26-12-6-3-7-13-26)32(36)33-28-16-10-5-11-17-28/h3-4,6-9,12-15,18-20,28-29H,5,10-11,16-17,21-23H2,1-2H3,(H,33,36)/t29-/m1/s1. The van der Waals surface area contributed by atoms with Crippen molar-refractivity contribution in [2.45, 2.75) is 71.0 Å². The van der Waals surface area contributed by atoms with E-state index in [4.69, 9.17) is 4.74 Å². The van der Waals surface area contributed by atoms with Crippen LogP contribution in [0.15, 0.2) is 78.9 Å². The maximum atomic E-state index is 13.8. The summed E-state index contributed by atoms with van der Waals surface area (Å²) in [6.07, 6.45) is 5.91. The number of amides is 2. The fourth-order valence-corrected chi connectivity index (χ4v) is 5.06. The van der Waals surface area contributed by atoms with Crippen LogP contribution in [0.3, 0.4) is 0 Å². The van der Waals surface area contributed by atoms with Crippen molar-refractivity contribution in [1.82, 2.24) is 10.2 Å². The Kier molecular flexibility index (Phi) is 9.36. The summed E-state index contributed by atoms with van der Waals surface area (Å²) in [5, 5.41) is 3.28. The van der Waals surface area contributed by atoms with Crippen molar-refractivity contribution in [3.05, 3.63) is 101 Å². The van der Waals surface area contributed by atoms with Gasteiger partial charge in [0.25, 0.3) is 5.91 Å². The lowest BCUT2D eigenvalue weighted by Crippen LogP contribution is -2.53. The Labute approximate surface area is 220 Å². The Morgan fingerprint density at radius 2 is 1.54 bits per heavy atom. The summed E-state index contributed by atoms with van der Waals surface area (Å²) in [5.41, 5.74) is 4.13. The van der Waals surface area contributed by atoms with Crippen molar-refractivity contribution >= 4 is 11.8 Å². The minimum Gasteiger partial charge on any atom is -0.483 e. The molecule has 1 N–H and O–H groups in total. The first-order valence-electron chi connectivity index (χ1n) is 13.4. The SMILES string of the molecule is Cc1ccc(OCC(=O)N(Cc2ccccc2)[C@H](Cc2ccccc2)C(=O)NC2CCCCC2)c(C)c1. The Hall–Kier alpha value is -3.60. The molecule has 0 bridgehead atoms. The lowest BCUT2D eigenvalue weighted by molar-refractivity contribution is -0.143. The number of nitrogens with one attached hydrogen (secondary N) is 1. The molecule has 3 aromatic rings. The van der Waals surface area contributed by atoms with E-state index in [0.29, 0.717) is 18.7 Å². The normalized spacial score (nSPS) is 14.5. The van der Waals surface area contributed by atoms with E-state index in [9.17, 15) is 9.59 Å². The lowest BCUT2D eigenvalue weighted by atomic mass is 9.94. The predicted octanol–water partition coefficient (Wildman–Crippen LogP) is 5.77. The van der Waals surface area contributed by atoms with Gasteiger partial charge in [0.05, 0.1) is 0 Å². The number of ether oxygens (including phenoxy) is 1. The number of nitrogens with zero attached hydrogens (tertiary/aromatic N) is 1. The van der Waals surface area contributed by atoms with E-state index in [0.717, 1.165) is 47.9 Å². The molecule has 0 aliphatic heterocycles. The molecule has 1 atom stereocenters. The minimum atomic E-state index is -0.639. The number of carbonyl (C=O) groups is 2. The highest BCUT2D eigenvalue weighted by Gasteiger charge is 2.32. The molecule has 1 fully saturated rings. The number of hydrogen-bond acceptors (Lipinski definition) is 3. The maximum absolute atomic E-state index is 13.8. The number of rotatable bonds is 10. The van der Waals surface area contributed by atoms with Gasteiger partial charge in [0, 0.05) is 19.0 Å². The van der Waals surface area contributed by atoms with Gasteiger partial charge in [0.1, 0.15) is 11.8 Å². The van der Waals surface area contributed by atoms with Crippen LogP contribution in [-0.4, -0.2) is 35.4 Å². The van der Waals surface area contributed by atoms with Crippen LogP contribution in [0.4, 0.5) is 0 Å². The molecule has 1 aliphatic carbocycles. The molecule has 5 heteroatoms. The summed E-state index contributed by atoms with van der Waals surface area (Å²) in [5.74, 6) is 0.389.